The molecule has 3 aromatic rings. The summed E-state index contributed by atoms with van der Waals surface area (Å²) < 4.78 is 5.18. The highest BCUT2D eigenvalue weighted by molar-refractivity contribution is 5.64. The summed E-state index contributed by atoms with van der Waals surface area (Å²) in [6.07, 6.45) is 3.01. The summed E-state index contributed by atoms with van der Waals surface area (Å²) in [6.45, 7) is 0.642. The highest BCUT2D eigenvalue weighted by Crippen LogP contribution is 2.22. The lowest BCUT2D eigenvalue weighted by Gasteiger charge is -2.07. The number of nitrogens with zero attached hydrogens (tertiary/aromatic N) is 3. The molecule has 1 N–H and O–H groups in total. The third-order valence-electron chi connectivity index (χ3n) is 3.62. The molecule has 0 amide bonds. The van der Waals surface area contributed by atoms with Gasteiger partial charge in [-0.25, -0.2) is 9.97 Å². The van der Waals surface area contributed by atoms with Crippen molar-refractivity contribution in [2.75, 3.05) is 12.4 Å². The number of nitriles is 1. The maximum absolute atomic E-state index is 8.71. The van der Waals surface area contributed by atoms with Crippen molar-refractivity contribution in [1.29, 1.82) is 5.26 Å². The molecule has 0 spiro atoms. The Kier molecular flexibility index (Phi) is 4.68. The monoisotopic (exact) mass is 316 g/mol. The number of hydrogen-bond donors (Lipinski definition) is 1. The van der Waals surface area contributed by atoms with Gasteiger partial charge >= 0.3 is 0 Å². The molecule has 0 aliphatic rings. The number of ether oxygens (including phenoxy) is 1. The molecule has 1 heterocycles. The van der Waals surface area contributed by atoms with Crippen molar-refractivity contribution in [2.45, 2.75) is 6.54 Å². The SMILES string of the molecule is COc1ccc(-c2ccc(CNc3cnc(C#N)cn3)cc2)cc1. The van der Waals surface area contributed by atoms with Gasteiger partial charge in [0.1, 0.15) is 17.6 Å². The minimum absolute atomic E-state index is 0.310. The van der Waals surface area contributed by atoms with Crippen molar-refractivity contribution in [3.63, 3.8) is 0 Å². The second-order valence-corrected chi connectivity index (χ2v) is 5.18. The number of rotatable bonds is 5. The van der Waals surface area contributed by atoms with Gasteiger partial charge in [0.25, 0.3) is 0 Å². The molecule has 0 unspecified atom stereocenters. The Morgan fingerprint density at radius 1 is 0.958 bits per heavy atom. The Morgan fingerprint density at radius 3 is 2.17 bits per heavy atom. The molecule has 118 valence electrons. The van der Waals surface area contributed by atoms with E-state index in [1.54, 1.807) is 13.3 Å². The molecule has 2 aromatic carbocycles. The highest BCUT2D eigenvalue weighted by Gasteiger charge is 2.00. The maximum atomic E-state index is 8.71. The van der Waals surface area contributed by atoms with Gasteiger partial charge in [-0.2, -0.15) is 5.26 Å². The van der Waals surface area contributed by atoms with Gasteiger partial charge < -0.3 is 10.1 Å². The predicted octanol–water partition coefficient (Wildman–Crippen LogP) is 3.64. The Labute approximate surface area is 140 Å². The second kappa shape index (κ2) is 7.25. The molecule has 24 heavy (non-hydrogen) atoms. The van der Waals surface area contributed by atoms with Gasteiger partial charge in [-0.15, -0.1) is 0 Å². The Morgan fingerprint density at radius 2 is 1.62 bits per heavy atom. The lowest BCUT2D eigenvalue weighted by molar-refractivity contribution is 0.415. The van der Waals surface area contributed by atoms with Crippen molar-refractivity contribution in [3.05, 3.63) is 72.2 Å². The van der Waals surface area contributed by atoms with Crippen LogP contribution in [0.1, 0.15) is 11.3 Å². The van der Waals surface area contributed by atoms with Crippen LogP contribution in [0.5, 0.6) is 5.75 Å². The van der Waals surface area contributed by atoms with Crippen molar-refractivity contribution in [3.8, 4) is 22.9 Å². The van der Waals surface area contributed by atoms with Crippen LogP contribution in [0, 0.1) is 11.3 Å². The minimum atomic E-state index is 0.310. The topological polar surface area (TPSA) is 70.8 Å². The van der Waals surface area contributed by atoms with E-state index >= 15 is 0 Å². The van der Waals surface area contributed by atoms with Gasteiger partial charge in [0.05, 0.1) is 19.5 Å². The molecule has 0 saturated carbocycles. The number of hydrogen-bond acceptors (Lipinski definition) is 5. The van der Waals surface area contributed by atoms with Gasteiger partial charge in [-0.3, -0.25) is 0 Å². The number of benzene rings is 2. The molecule has 0 bridgehead atoms. The summed E-state index contributed by atoms with van der Waals surface area (Å²) in [5.74, 6) is 1.50. The normalized spacial score (nSPS) is 10.0. The van der Waals surface area contributed by atoms with Crippen LogP contribution in [-0.4, -0.2) is 17.1 Å². The number of methoxy groups -OCH3 is 1. The van der Waals surface area contributed by atoms with E-state index in [0.29, 0.717) is 18.1 Å². The zero-order valence-electron chi connectivity index (χ0n) is 13.2. The molecule has 5 heteroatoms. The quantitative estimate of drug-likeness (QED) is 0.778. The fourth-order valence-corrected chi connectivity index (χ4v) is 2.27. The molecule has 0 atom stereocenters. The number of nitrogens with one attached hydrogen (secondary N) is 1. The van der Waals surface area contributed by atoms with Crippen LogP contribution in [0.2, 0.25) is 0 Å². The lowest BCUT2D eigenvalue weighted by Crippen LogP contribution is -2.02. The lowest BCUT2D eigenvalue weighted by atomic mass is 10.0. The number of aromatic nitrogens is 2. The van der Waals surface area contributed by atoms with E-state index in [-0.39, 0.29) is 0 Å². The first-order valence-corrected chi connectivity index (χ1v) is 7.48. The average Bonchev–Trinajstić information content (AvgIpc) is 2.67. The standard InChI is InChI=1S/C19H16N4O/c1-24-18-8-6-16(7-9-18)15-4-2-14(3-5-15)11-22-19-13-21-17(10-20)12-23-19/h2-9,12-13H,11H2,1H3,(H,22,23). The van der Waals surface area contributed by atoms with E-state index in [9.17, 15) is 0 Å². The average molecular weight is 316 g/mol. The van der Waals surface area contributed by atoms with Crippen LogP contribution in [0.4, 0.5) is 5.82 Å². The van der Waals surface area contributed by atoms with Crippen molar-refractivity contribution < 1.29 is 4.74 Å². The summed E-state index contributed by atoms with van der Waals surface area (Å²) >= 11 is 0. The number of anilines is 1. The third-order valence-corrected chi connectivity index (χ3v) is 3.62. The maximum Gasteiger partial charge on any atom is 0.158 e. The molecule has 0 fully saturated rings. The smallest absolute Gasteiger partial charge is 0.158 e. The van der Waals surface area contributed by atoms with Crippen LogP contribution in [0.25, 0.3) is 11.1 Å². The van der Waals surface area contributed by atoms with Gasteiger partial charge in [0, 0.05) is 6.54 Å². The predicted molar refractivity (Wildman–Crippen MR) is 92.5 cm³/mol. The zero-order chi connectivity index (χ0) is 16.8. The van der Waals surface area contributed by atoms with E-state index in [1.807, 2.05) is 30.3 Å². The first kappa shape index (κ1) is 15.5. The van der Waals surface area contributed by atoms with Gasteiger partial charge in [-0.05, 0) is 28.8 Å². The first-order valence-electron chi connectivity index (χ1n) is 7.48. The Bertz CT molecular complexity index is 835. The van der Waals surface area contributed by atoms with Crippen LogP contribution in [0.15, 0.2) is 60.9 Å². The first-order chi connectivity index (χ1) is 11.8. The van der Waals surface area contributed by atoms with E-state index in [2.05, 4.69) is 39.6 Å². The van der Waals surface area contributed by atoms with E-state index in [0.717, 1.165) is 22.4 Å². The summed E-state index contributed by atoms with van der Waals surface area (Å²) in [4.78, 5) is 8.12. The molecule has 5 nitrogen and oxygen atoms in total. The molecular weight excluding hydrogens is 300 g/mol. The Hall–Kier alpha value is -3.39. The second-order valence-electron chi connectivity index (χ2n) is 5.18. The molecule has 0 aliphatic carbocycles. The molecular formula is C19H16N4O. The summed E-state index contributed by atoms with van der Waals surface area (Å²) in [5.41, 5.74) is 3.75. The summed E-state index contributed by atoms with van der Waals surface area (Å²) in [6, 6.07) is 18.3. The minimum Gasteiger partial charge on any atom is -0.497 e. The van der Waals surface area contributed by atoms with Crippen molar-refractivity contribution in [2.24, 2.45) is 0 Å². The molecule has 1 aromatic heterocycles. The Balaban J connectivity index is 1.64. The molecule has 0 radical (unpaired) electrons. The van der Waals surface area contributed by atoms with Crippen LogP contribution < -0.4 is 10.1 Å². The van der Waals surface area contributed by atoms with E-state index in [4.69, 9.17) is 10.00 Å². The third kappa shape index (κ3) is 3.68. The van der Waals surface area contributed by atoms with Crippen LogP contribution in [-0.2, 0) is 6.54 Å². The van der Waals surface area contributed by atoms with Crippen LogP contribution >= 0.6 is 0 Å². The van der Waals surface area contributed by atoms with Crippen LogP contribution in [0.3, 0.4) is 0 Å². The van der Waals surface area contributed by atoms with Gasteiger partial charge in [0.15, 0.2) is 5.69 Å². The largest absolute Gasteiger partial charge is 0.497 e. The molecule has 0 saturated heterocycles. The highest BCUT2D eigenvalue weighted by atomic mass is 16.5. The van der Waals surface area contributed by atoms with Gasteiger partial charge in [-0.1, -0.05) is 36.4 Å². The summed E-state index contributed by atoms with van der Waals surface area (Å²) in [7, 11) is 1.66. The summed E-state index contributed by atoms with van der Waals surface area (Å²) in [5, 5.41) is 11.9. The van der Waals surface area contributed by atoms with Gasteiger partial charge in [0.2, 0.25) is 0 Å². The van der Waals surface area contributed by atoms with Crippen molar-refractivity contribution >= 4 is 5.82 Å². The van der Waals surface area contributed by atoms with E-state index < -0.39 is 0 Å². The van der Waals surface area contributed by atoms with E-state index in [1.165, 1.54) is 6.20 Å². The molecule has 0 aliphatic heterocycles. The zero-order valence-corrected chi connectivity index (χ0v) is 13.2. The molecule has 3 rings (SSSR count). The fraction of sp³-hybridized carbons (Fsp3) is 0.105. The fourth-order valence-electron chi connectivity index (χ4n) is 2.27. The van der Waals surface area contributed by atoms with Crippen molar-refractivity contribution in [1.82, 2.24) is 9.97 Å².